The summed E-state index contributed by atoms with van der Waals surface area (Å²) in [4.78, 5) is 15.3. The number of fused-ring (bicyclic) bond motifs is 2. The highest BCUT2D eigenvalue weighted by atomic mass is 32.2. The second kappa shape index (κ2) is 9.70. The molecule has 2 aromatic carbocycles. The molecule has 2 N–H and O–H groups in total. The Morgan fingerprint density at radius 2 is 1.62 bits per heavy atom. The van der Waals surface area contributed by atoms with E-state index in [1.54, 1.807) is 12.1 Å². The first-order valence-electron chi connectivity index (χ1n) is 11.9. The van der Waals surface area contributed by atoms with Gasteiger partial charge in [-0.25, -0.2) is 12.8 Å². The minimum Gasteiger partial charge on any atom is -0.477 e. The van der Waals surface area contributed by atoms with Gasteiger partial charge in [-0.2, -0.15) is 13.2 Å². The largest absolute Gasteiger partial charge is 0.477 e. The fourth-order valence-electron chi connectivity index (χ4n) is 5.13. The van der Waals surface area contributed by atoms with Crippen molar-refractivity contribution in [2.24, 2.45) is 0 Å². The van der Waals surface area contributed by atoms with Crippen molar-refractivity contribution in [1.82, 2.24) is 5.32 Å². The lowest BCUT2D eigenvalue weighted by Gasteiger charge is -2.41. The molecular weight excluding hydrogens is 514 g/mol. The Balaban J connectivity index is 1.41. The van der Waals surface area contributed by atoms with E-state index in [0.717, 1.165) is 36.9 Å². The number of amides is 1. The van der Waals surface area contributed by atoms with E-state index < -0.39 is 44.8 Å². The number of piperidine rings is 1. The molecule has 2 fully saturated rings. The third kappa shape index (κ3) is 6.28. The molecule has 0 saturated carbocycles. The maximum atomic E-state index is 13.4. The van der Waals surface area contributed by atoms with Crippen molar-refractivity contribution >= 4 is 27.3 Å². The number of sulfonamides is 1. The van der Waals surface area contributed by atoms with Gasteiger partial charge in [-0.05, 0) is 82.0 Å². The van der Waals surface area contributed by atoms with Crippen LogP contribution in [0.2, 0.25) is 0 Å². The molecule has 2 atom stereocenters. The van der Waals surface area contributed by atoms with Crippen LogP contribution in [0.5, 0.6) is 5.75 Å². The van der Waals surface area contributed by atoms with Crippen molar-refractivity contribution in [3.05, 3.63) is 53.8 Å². The van der Waals surface area contributed by atoms with Gasteiger partial charge in [-0.1, -0.05) is 0 Å². The van der Waals surface area contributed by atoms with Crippen molar-refractivity contribution in [1.29, 1.82) is 0 Å². The number of anilines is 2. The molecule has 2 unspecified atom stereocenters. The van der Waals surface area contributed by atoms with Crippen LogP contribution in [-0.2, 0) is 21.0 Å². The van der Waals surface area contributed by atoms with Crippen LogP contribution < -0.4 is 19.7 Å². The number of ether oxygens (including phenoxy) is 1. The summed E-state index contributed by atoms with van der Waals surface area (Å²) in [6.07, 6.45) is -0.621. The monoisotopic (exact) mass is 543 g/mol. The number of benzene rings is 2. The summed E-state index contributed by atoms with van der Waals surface area (Å²) in [5, 5.41) is 2.93. The van der Waals surface area contributed by atoms with Crippen molar-refractivity contribution in [2.45, 2.75) is 69.4 Å². The third-order valence-corrected chi connectivity index (χ3v) is 7.30. The zero-order valence-electron chi connectivity index (χ0n) is 20.6. The number of nitrogens with one attached hydrogen (secondary N) is 2. The van der Waals surface area contributed by atoms with Gasteiger partial charge in [0.25, 0.3) is 5.91 Å². The minimum atomic E-state index is -4.84. The van der Waals surface area contributed by atoms with Gasteiger partial charge in [0.05, 0.1) is 6.26 Å². The molecule has 0 aromatic heterocycles. The first-order valence-corrected chi connectivity index (χ1v) is 13.7. The Labute approximate surface area is 213 Å². The fraction of sp³-hybridized carbons (Fsp3) is 0.480. The summed E-state index contributed by atoms with van der Waals surface area (Å²) >= 11 is 0. The van der Waals surface area contributed by atoms with Gasteiger partial charge in [0.15, 0.2) is 5.60 Å². The van der Waals surface area contributed by atoms with E-state index in [9.17, 15) is 30.8 Å². The van der Waals surface area contributed by atoms with Gasteiger partial charge in [-0.15, -0.1) is 0 Å². The van der Waals surface area contributed by atoms with E-state index in [-0.39, 0.29) is 18.1 Å². The highest BCUT2D eigenvalue weighted by molar-refractivity contribution is 7.92. The summed E-state index contributed by atoms with van der Waals surface area (Å²) in [5.74, 6) is -2.22. The van der Waals surface area contributed by atoms with Gasteiger partial charge >= 0.3 is 6.18 Å². The van der Waals surface area contributed by atoms with E-state index in [1.165, 1.54) is 13.8 Å². The summed E-state index contributed by atoms with van der Waals surface area (Å²) in [5.41, 5.74) is -1.48. The molecule has 2 aliphatic rings. The van der Waals surface area contributed by atoms with E-state index in [4.69, 9.17) is 4.74 Å². The molecule has 2 heterocycles. The van der Waals surface area contributed by atoms with E-state index in [1.807, 2.05) is 12.1 Å². The normalized spacial score (nSPS) is 22.0. The van der Waals surface area contributed by atoms with E-state index >= 15 is 0 Å². The average Bonchev–Trinajstić information content (AvgIpc) is 3.03. The van der Waals surface area contributed by atoms with Gasteiger partial charge in [-0.3, -0.25) is 9.52 Å². The summed E-state index contributed by atoms with van der Waals surface area (Å²) < 4.78 is 84.3. The predicted molar refractivity (Wildman–Crippen MR) is 131 cm³/mol. The number of carbonyl (C=O) groups excluding carboxylic acids is 1. The molecule has 0 spiro atoms. The molecule has 2 aliphatic heterocycles. The third-order valence-electron chi connectivity index (χ3n) is 6.70. The zero-order valence-corrected chi connectivity index (χ0v) is 21.4. The Morgan fingerprint density at radius 1 is 1.03 bits per heavy atom. The molecule has 0 radical (unpaired) electrons. The maximum absolute atomic E-state index is 13.4. The van der Waals surface area contributed by atoms with Gasteiger partial charge in [0, 0.05) is 29.5 Å². The summed E-state index contributed by atoms with van der Waals surface area (Å²) in [7, 11) is -3.37. The van der Waals surface area contributed by atoms with Crippen molar-refractivity contribution in [3.8, 4) is 5.75 Å². The summed E-state index contributed by atoms with van der Waals surface area (Å²) in [6, 6.07) is 9.31. The zero-order chi connectivity index (χ0) is 27.2. The Morgan fingerprint density at radius 3 is 2.16 bits per heavy atom. The highest BCUT2D eigenvalue weighted by Gasteiger charge is 2.43. The molecule has 1 amide bonds. The van der Waals surface area contributed by atoms with Crippen LogP contribution in [0.3, 0.4) is 0 Å². The van der Waals surface area contributed by atoms with Crippen LogP contribution in [-0.4, -0.2) is 44.3 Å². The fourth-order valence-corrected chi connectivity index (χ4v) is 5.69. The van der Waals surface area contributed by atoms with Crippen molar-refractivity contribution in [2.75, 3.05) is 15.9 Å². The quantitative estimate of drug-likeness (QED) is 0.495. The number of halogens is 4. The molecule has 2 saturated heterocycles. The SMILES string of the molecule is CC(C)(Oc1ccc(F)cc1C(F)(F)F)C(=O)NC1CC2CCC(C1)N2c1ccc(NS(C)(=O)=O)cc1. The molecule has 2 aromatic rings. The van der Waals surface area contributed by atoms with Crippen LogP contribution in [0.15, 0.2) is 42.5 Å². The highest BCUT2D eigenvalue weighted by Crippen LogP contribution is 2.41. The average molecular weight is 544 g/mol. The van der Waals surface area contributed by atoms with Crippen LogP contribution in [0.25, 0.3) is 0 Å². The molecule has 4 rings (SSSR count). The Bertz CT molecular complexity index is 1250. The second-order valence-electron chi connectivity index (χ2n) is 10.1. The molecule has 2 bridgehead atoms. The molecular formula is C25H29F4N3O4S. The number of hydrogen-bond donors (Lipinski definition) is 2. The Hall–Kier alpha value is -3.02. The minimum absolute atomic E-state index is 0.149. The number of alkyl halides is 3. The lowest BCUT2D eigenvalue weighted by atomic mass is 9.95. The van der Waals surface area contributed by atoms with Crippen molar-refractivity contribution in [3.63, 3.8) is 0 Å². The van der Waals surface area contributed by atoms with Crippen LogP contribution in [0.4, 0.5) is 28.9 Å². The molecule has 12 heteroatoms. The number of nitrogens with zero attached hydrogens (tertiary/aromatic N) is 1. The topological polar surface area (TPSA) is 87.7 Å². The van der Waals surface area contributed by atoms with Crippen LogP contribution in [0.1, 0.15) is 45.1 Å². The lowest BCUT2D eigenvalue weighted by Crippen LogP contribution is -2.55. The first-order chi connectivity index (χ1) is 17.1. The van der Waals surface area contributed by atoms with E-state index in [2.05, 4.69) is 14.9 Å². The Kier molecular flexibility index (Phi) is 7.08. The maximum Gasteiger partial charge on any atom is 0.420 e. The standard InChI is InChI=1S/C25H29F4N3O4S/c1-24(2,36-22-11-4-15(26)12-21(22)25(27,28)29)23(33)30-17-13-19-9-10-20(14-17)32(19)18-7-5-16(6-8-18)31-37(3,34)35/h4-8,11-12,17,19-20,31H,9-10,13-14H2,1-3H3,(H,30,33). The van der Waals surface area contributed by atoms with E-state index in [0.29, 0.717) is 24.6 Å². The molecule has 202 valence electrons. The van der Waals surface area contributed by atoms with Gasteiger partial charge in [0.2, 0.25) is 10.0 Å². The summed E-state index contributed by atoms with van der Waals surface area (Å²) in [6.45, 7) is 2.75. The molecule has 0 aliphatic carbocycles. The van der Waals surface area contributed by atoms with Crippen LogP contribution in [0, 0.1) is 5.82 Å². The molecule has 37 heavy (non-hydrogen) atoms. The number of rotatable bonds is 7. The van der Waals surface area contributed by atoms with Gasteiger partial charge < -0.3 is 15.0 Å². The second-order valence-corrected chi connectivity index (χ2v) is 11.9. The smallest absolute Gasteiger partial charge is 0.420 e. The van der Waals surface area contributed by atoms with Gasteiger partial charge in [0.1, 0.15) is 17.1 Å². The van der Waals surface area contributed by atoms with Crippen molar-refractivity contribution < 1.29 is 35.5 Å². The first kappa shape index (κ1) is 27.0. The number of carbonyl (C=O) groups is 1. The molecule has 7 nitrogen and oxygen atoms in total. The lowest BCUT2D eigenvalue weighted by molar-refractivity contribution is -0.144. The van der Waals surface area contributed by atoms with Crippen LogP contribution >= 0.6 is 0 Å². The predicted octanol–water partition coefficient (Wildman–Crippen LogP) is 4.69. The number of hydrogen-bond acceptors (Lipinski definition) is 5.